The van der Waals surface area contributed by atoms with Gasteiger partial charge in [0, 0.05) is 39.9 Å². The first-order chi connectivity index (χ1) is 1.41. The molecule has 1 nitrogen and oxygen atoms in total. The summed E-state index contributed by atoms with van der Waals surface area (Å²) in [7, 11) is 3.06. The molecule has 0 bridgehead atoms. The Morgan fingerprint density at radius 3 is 1.75 bits per heavy atom. The van der Waals surface area contributed by atoms with E-state index in [-0.39, 0.29) is 39.9 Å². The van der Waals surface area contributed by atoms with E-state index < -0.39 is 0 Å². The Labute approximate surface area is 61.7 Å². The fourth-order valence-corrected chi connectivity index (χ4v) is 0. The summed E-state index contributed by atoms with van der Waals surface area (Å²) >= 11 is 0. The van der Waals surface area contributed by atoms with Gasteiger partial charge in [-0.05, 0) is 7.05 Å². The Kier molecular flexibility index (Phi) is 20.0. The van der Waals surface area contributed by atoms with Gasteiger partial charge < -0.3 is 4.98 Å². The van der Waals surface area contributed by atoms with Crippen LogP contribution in [0, 0.1) is 39.9 Å². The summed E-state index contributed by atoms with van der Waals surface area (Å²) in [5.74, 6) is 0. The van der Waals surface area contributed by atoms with Gasteiger partial charge in [-0.15, -0.1) is 0 Å². The smallest absolute Gasteiger partial charge is 0.0745 e. The van der Waals surface area contributed by atoms with Crippen molar-refractivity contribution in [2.24, 2.45) is 0 Å². The minimum absolute atomic E-state index is 0. The van der Waals surface area contributed by atoms with Crippen LogP contribution in [0.1, 0.15) is 0 Å². The molecule has 0 aromatic heterocycles. The van der Waals surface area contributed by atoms with Gasteiger partial charge in [-0.25, -0.2) is 0 Å². The van der Waals surface area contributed by atoms with Crippen molar-refractivity contribution in [3.05, 3.63) is 0 Å². The summed E-state index contributed by atoms with van der Waals surface area (Å²) in [4.78, 5) is 2.89. The van der Waals surface area contributed by atoms with E-state index in [0.29, 0.717) is 0 Å². The predicted octanol–water partition coefficient (Wildman–Crippen LogP) is -1.51. The summed E-state index contributed by atoms with van der Waals surface area (Å²) in [5.41, 5.74) is 0. The second kappa shape index (κ2) is 8.82. The summed E-state index contributed by atoms with van der Waals surface area (Å²) < 4.78 is 0. The SMILES string of the molecule is CN[SiH3].[Gd]. The maximum absolute atomic E-state index is 2.89. The van der Waals surface area contributed by atoms with E-state index in [1.54, 1.807) is 0 Å². The van der Waals surface area contributed by atoms with Gasteiger partial charge in [0.2, 0.25) is 0 Å². The maximum atomic E-state index is 2.89. The molecule has 0 aromatic rings. The molecule has 0 atom stereocenters. The molecule has 0 saturated heterocycles. The number of hydrogen-bond donors (Lipinski definition) is 1. The van der Waals surface area contributed by atoms with Gasteiger partial charge in [0.1, 0.15) is 0 Å². The quantitative estimate of drug-likeness (QED) is 0.487. The van der Waals surface area contributed by atoms with Crippen LogP contribution in [0.15, 0.2) is 0 Å². The van der Waals surface area contributed by atoms with E-state index in [1.807, 2.05) is 7.05 Å². The van der Waals surface area contributed by atoms with Crippen molar-refractivity contribution in [2.75, 3.05) is 7.05 Å². The average molecular weight is 218 g/mol. The molecular formula is CH7GdNSi. The fraction of sp³-hybridized carbons (Fsp3) is 1.00. The van der Waals surface area contributed by atoms with Gasteiger partial charge in [-0.1, -0.05) is 0 Å². The first kappa shape index (κ1) is 9.09. The molecule has 0 amide bonds. The molecule has 0 aliphatic carbocycles. The van der Waals surface area contributed by atoms with Crippen LogP contribution in [0.5, 0.6) is 0 Å². The Balaban J connectivity index is 0. The Hall–Kier alpha value is 1.50. The van der Waals surface area contributed by atoms with Gasteiger partial charge in [-0.2, -0.15) is 0 Å². The molecule has 0 fully saturated rings. The predicted molar refractivity (Wildman–Crippen MR) is 19.0 cm³/mol. The molecule has 0 unspecified atom stereocenters. The first-order valence-corrected chi connectivity index (χ1v) is 2.00. The Morgan fingerprint density at radius 2 is 1.75 bits per heavy atom. The van der Waals surface area contributed by atoms with Crippen molar-refractivity contribution in [3.63, 3.8) is 0 Å². The fourth-order valence-electron chi connectivity index (χ4n) is 0. The third-order valence-electron chi connectivity index (χ3n) is 0. The molecule has 0 heterocycles. The second-order valence-corrected chi connectivity index (χ2v) is 1.50. The van der Waals surface area contributed by atoms with Gasteiger partial charge in [0.25, 0.3) is 0 Å². The third-order valence-corrected chi connectivity index (χ3v) is 0. The van der Waals surface area contributed by atoms with Crippen LogP contribution < -0.4 is 4.98 Å². The van der Waals surface area contributed by atoms with Crippen molar-refractivity contribution in [3.8, 4) is 0 Å². The van der Waals surface area contributed by atoms with Crippen molar-refractivity contribution in [1.29, 1.82) is 0 Å². The first-order valence-electron chi connectivity index (χ1n) is 1.00. The number of nitrogens with one attached hydrogen (secondary N) is 1. The monoisotopic (exact) mass is 219 g/mol. The minimum atomic E-state index is 0. The zero-order valence-electron chi connectivity index (χ0n) is 2.85. The summed E-state index contributed by atoms with van der Waals surface area (Å²) in [5, 5.41) is 0. The van der Waals surface area contributed by atoms with Crippen molar-refractivity contribution < 1.29 is 39.9 Å². The topological polar surface area (TPSA) is 12.0 Å². The van der Waals surface area contributed by atoms with Gasteiger partial charge in [-0.3, -0.25) is 0 Å². The van der Waals surface area contributed by atoms with E-state index in [0.717, 1.165) is 10.4 Å². The molecule has 1 N–H and O–H groups in total. The van der Waals surface area contributed by atoms with Crippen LogP contribution in [-0.2, 0) is 0 Å². The largest absolute Gasteiger partial charge is 0.348 e. The third kappa shape index (κ3) is 9.72. The molecular weight excluding hydrogens is 211 g/mol. The molecule has 3 heteroatoms. The van der Waals surface area contributed by atoms with E-state index in [9.17, 15) is 0 Å². The Morgan fingerprint density at radius 1 is 1.75 bits per heavy atom. The van der Waals surface area contributed by atoms with Crippen LogP contribution >= 0.6 is 0 Å². The van der Waals surface area contributed by atoms with Gasteiger partial charge >= 0.3 is 0 Å². The van der Waals surface area contributed by atoms with Crippen molar-refractivity contribution in [2.45, 2.75) is 0 Å². The second-order valence-electron chi connectivity index (χ2n) is 0.500. The molecule has 28 valence electrons. The zero-order valence-corrected chi connectivity index (χ0v) is 7.12. The average Bonchev–Trinajstić information content (AvgIpc) is 0.918. The molecule has 0 aliphatic heterocycles. The summed E-state index contributed by atoms with van der Waals surface area (Å²) in [6.45, 7) is 0. The standard InChI is InChI=1S/CH7NSi.Gd/c1-2-3;/h2H,1,3H3;. The molecule has 0 radical (unpaired) electrons. The van der Waals surface area contributed by atoms with Crippen molar-refractivity contribution >= 4 is 10.4 Å². The van der Waals surface area contributed by atoms with E-state index in [2.05, 4.69) is 4.98 Å². The number of rotatable bonds is 0. The van der Waals surface area contributed by atoms with E-state index in [4.69, 9.17) is 0 Å². The van der Waals surface area contributed by atoms with Crippen molar-refractivity contribution in [1.82, 2.24) is 4.98 Å². The van der Waals surface area contributed by atoms with E-state index in [1.165, 1.54) is 0 Å². The van der Waals surface area contributed by atoms with Gasteiger partial charge in [0.15, 0.2) is 0 Å². The molecule has 4 heavy (non-hydrogen) atoms. The van der Waals surface area contributed by atoms with Crippen LogP contribution in [-0.4, -0.2) is 17.5 Å². The molecule has 0 saturated carbocycles. The summed E-state index contributed by atoms with van der Waals surface area (Å²) in [6, 6.07) is 0. The molecule has 0 rings (SSSR count). The van der Waals surface area contributed by atoms with Crippen LogP contribution in [0.4, 0.5) is 0 Å². The van der Waals surface area contributed by atoms with Crippen LogP contribution in [0.25, 0.3) is 0 Å². The molecule has 0 aliphatic rings. The molecule has 0 aromatic carbocycles. The zero-order chi connectivity index (χ0) is 2.71. The maximum Gasteiger partial charge on any atom is 0.0745 e. The Bertz CT molecular complexity index is 8.00. The van der Waals surface area contributed by atoms with Crippen LogP contribution in [0.3, 0.4) is 0 Å². The molecule has 0 spiro atoms. The van der Waals surface area contributed by atoms with Gasteiger partial charge in [0.05, 0.1) is 10.4 Å². The normalized spacial score (nSPS) is 5.25. The van der Waals surface area contributed by atoms with E-state index >= 15 is 0 Å². The number of hydrogen-bond acceptors (Lipinski definition) is 1. The summed E-state index contributed by atoms with van der Waals surface area (Å²) in [6.07, 6.45) is 0. The van der Waals surface area contributed by atoms with Crippen LogP contribution in [0.2, 0.25) is 0 Å². The minimum Gasteiger partial charge on any atom is -0.348 e.